The number of unbranched alkanes of at least 4 members (excludes halogenated alkanes) is 41. The highest BCUT2D eigenvalue weighted by molar-refractivity contribution is 5.71. The smallest absolute Gasteiger partial charge is 0.306 e. The van der Waals surface area contributed by atoms with Crippen LogP contribution in [0, 0.1) is 0 Å². The van der Waals surface area contributed by atoms with Crippen molar-refractivity contribution in [2.75, 3.05) is 13.2 Å². The van der Waals surface area contributed by atoms with Crippen LogP contribution in [0.4, 0.5) is 0 Å². The van der Waals surface area contributed by atoms with E-state index in [1.807, 2.05) is 0 Å². The van der Waals surface area contributed by atoms with Crippen molar-refractivity contribution in [3.8, 4) is 0 Å². The molecular formula is C71H128O6. The minimum atomic E-state index is -0.771. The zero-order chi connectivity index (χ0) is 55.7. The predicted octanol–water partition coefficient (Wildman–Crippen LogP) is 23.1. The number of carbonyl (C=O) groups excluding carboxylic acids is 3. The number of hydrogen-bond donors (Lipinski definition) is 0. The van der Waals surface area contributed by atoms with Crippen LogP contribution < -0.4 is 0 Å². The standard InChI is InChI=1S/C71H128O6/c1-4-7-10-13-16-19-22-24-26-27-28-29-30-31-32-33-34-35-36-37-38-39-40-41-42-43-44-45-46-48-49-52-55-58-61-64-70(73)76-67-68(66-75-69(72)63-60-57-54-51-21-18-15-12-9-6-3)77-71(74)65-62-59-56-53-50-47-25-23-20-17-14-11-8-5-2/h7,10,12,15-16,19,24,26,28-29,68H,4-6,8-9,11,13-14,17-18,20-23,25,27,30-67H2,1-3H3/b10-7-,15-12-,19-16-,26-24-,29-28-. The second kappa shape index (κ2) is 65.6. The molecule has 0 saturated heterocycles. The molecular weight excluding hydrogens is 949 g/mol. The minimum absolute atomic E-state index is 0.0703. The summed E-state index contributed by atoms with van der Waals surface area (Å²) >= 11 is 0. The lowest BCUT2D eigenvalue weighted by Crippen LogP contribution is -2.30. The van der Waals surface area contributed by atoms with Crippen molar-refractivity contribution in [1.29, 1.82) is 0 Å². The zero-order valence-electron chi connectivity index (χ0n) is 51.5. The summed E-state index contributed by atoms with van der Waals surface area (Å²) in [5, 5.41) is 0. The van der Waals surface area contributed by atoms with Crippen LogP contribution in [-0.4, -0.2) is 37.2 Å². The van der Waals surface area contributed by atoms with Gasteiger partial charge in [0.05, 0.1) is 0 Å². The fourth-order valence-electron chi connectivity index (χ4n) is 9.97. The maximum Gasteiger partial charge on any atom is 0.306 e. The van der Waals surface area contributed by atoms with Gasteiger partial charge in [0.2, 0.25) is 0 Å². The van der Waals surface area contributed by atoms with Crippen molar-refractivity contribution in [2.45, 2.75) is 361 Å². The van der Waals surface area contributed by atoms with Gasteiger partial charge in [-0.2, -0.15) is 0 Å². The first-order valence-corrected chi connectivity index (χ1v) is 33.8. The van der Waals surface area contributed by atoms with E-state index in [2.05, 4.69) is 81.5 Å². The first-order valence-electron chi connectivity index (χ1n) is 33.8. The fraction of sp³-hybridized carbons (Fsp3) is 0.817. The van der Waals surface area contributed by atoms with Gasteiger partial charge < -0.3 is 14.2 Å². The molecule has 448 valence electrons. The molecule has 1 atom stereocenters. The summed E-state index contributed by atoms with van der Waals surface area (Å²) in [6.45, 7) is 6.50. The Balaban J connectivity index is 3.99. The van der Waals surface area contributed by atoms with E-state index in [-0.39, 0.29) is 31.1 Å². The van der Waals surface area contributed by atoms with Crippen molar-refractivity contribution in [3.63, 3.8) is 0 Å². The summed E-state index contributed by atoms with van der Waals surface area (Å²) in [6.07, 6.45) is 84.1. The first-order chi connectivity index (χ1) is 38.0. The lowest BCUT2D eigenvalue weighted by molar-refractivity contribution is -0.167. The Morgan fingerprint density at radius 2 is 0.532 bits per heavy atom. The second-order valence-electron chi connectivity index (χ2n) is 22.7. The normalized spacial score (nSPS) is 12.4. The largest absolute Gasteiger partial charge is 0.462 e. The monoisotopic (exact) mass is 1080 g/mol. The third-order valence-corrected chi connectivity index (χ3v) is 15.0. The Kier molecular flexibility index (Phi) is 63.2. The van der Waals surface area contributed by atoms with E-state index in [0.29, 0.717) is 19.3 Å². The van der Waals surface area contributed by atoms with E-state index in [1.54, 1.807) is 0 Å². The highest BCUT2D eigenvalue weighted by atomic mass is 16.6. The molecule has 0 radical (unpaired) electrons. The lowest BCUT2D eigenvalue weighted by Gasteiger charge is -2.18. The molecule has 0 saturated carbocycles. The van der Waals surface area contributed by atoms with Crippen molar-refractivity contribution in [3.05, 3.63) is 60.8 Å². The van der Waals surface area contributed by atoms with Gasteiger partial charge in [-0.25, -0.2) is 0 Å². The Morgan fingerprint density at radius 1 is 0.273 bits per heavy atom. The molecule has 0 aromatic heterocycles. The molecule has 0 rings (SSSR count). The summed E-state index contributed by atoms with van der Waals surface area (Å²) in [6, 6.07) is 0. The Hall–Kier alpha value is -2.89. The molecule has 0 spiro atoms. The quantitative estimate of drug-likeness (QED) is 0.0261. The van der Waals surface area contributed by atoms with Crippen LogP contribution in [0.25, 0.3) is 0 Å². The predicted molar refractivity (Wildman–Crippen MR) is 335 cm³/mol. The molecule has 0 aliphatic heterocycles. The maximum absolute atomic E-state index is 12.9. The van der Waals surface area contributed by atoms with E-state index in [4.69, 9.17) is 14.2 Å². The molecule has 0 fully saturated rings. The zero-order valence-corrected chi connectivity index (χ0v) is 51.5. The van der Waals surface area contributed by atoms with Gasteiger partial charge in [0.15, 0.2) is 6.10 Å². The van der Waals surface area contributed by atoms with Gasteiger partial charge in [-0.3, -0.25) is 14.4 Å². The number of ether oxygens (including phenoxy) is 3. The van der Waals surface area contributed by atoms with Gasteiger partial charge in [-0.05, 0) is 77.0 Å². The number of rotatable bonds is 62. The van der Waals surface area contributed by atoms with Crippen LogP contribution in [0.15, 0.2) is 60.8 Å². The maximum atomic E-state index is 12.9. The van der Waals surface area contributed by atoms with Crippen molar-refractivity contribution < 1.29 is 28.6 Å². The highest BCUT2D eigenvalue weighted by Gasteiger charge is 2.19. The van der Waals surface area contributed by atoms with Gasteiger partial charge in [-0.1, -0.05) is 319 Å². The van der Waals surface area contributed by atoms with Crippen molar-refractivity contribution >= 4 is 17.9 Å². The van der Waals surface area contributed by atoms with Crippen LogP contribution >= 0.6 is 0 Å². The Labute approximate surface area is 479 Å². The number of carbonyl (C=O) groups is 3. The second-order valence-corrected chi connectivity index (χ2v) is 22.7. The average Bonchev–Trinajstić information content (AvgIpc) is 3.43. The minimum Gasteiger partial charge on any atom is -0.462 e. The molecule has 0 amide bonds. The average molecular weight is 1080 g/mol. The van der Waals surface area contributed by atoms with Crippen LogP contribution in [0.1, 0.15) is 355 Å². The van der Waals surface area contributed by atoms with Gasteiger partial charge in [0.25, 0.3) is 0 Å². The molecule has 0 aliphatic rings. The SMILES string of the molecule is CC/C=C\C/C=C\C/C=C\C/C=C\CCCCCCCCCCCCCCCCCCCCCCCCC(=O)OCC(COC(=O)CCCCCCC/C=C\CCC)OC(=O)CCCCCCCCCCCCCCCC. The fourth-order valence-corrected chi connectivity index (χ4v) is 9.97. The van der Waals surface area contributed by atoms with E-state index in [0.717, 1.165) is 96.3 Å². The van der Waals surface area contributed by atoms with E-state index < -0.39 is 6.10 Å². The highest BCUT2D eigenvalue weighted by Crippen LogP contribution is 2.18. The van der Waals surface area contributed by atoms with Crippen LogP contribution in [0.2, 0.25) is 0 Å². The summed E-state index contributed by atoms with van der Waals surface area (Å²) in [5.41, 5.74) is 0. The molecule has 0 aliphatic carbocycles. The number of hydrogen-bond acceptors (Lipinski definition) is 6. The van der Waals surface area contributed by atoms with E-state index in [9.17, 15) is 14.4 Å². The Morgan fingerprint density at radius 3 is 0.857 bits per heavy atom. The molecule has 0 aromatic rings. The van der Waals surface area contributed by atoms with Crippen LogP contribution in [-0.2, 0) is 28.6 Å². The molecule has 0 bridgehead atoms. The molecule has 1 unspecified atom stereocenters. The van der Waals surface area contributed by atoms with Gasteiger partial charge >= 0.3 is 17.9 Å². The first kappa shape index (κ1) is 74.1. The molecule has 0 aromatic carbocycles. The van der Waals surface area contributed by atoms with Crippen LogP contribution in [0.3, 0.4) is 0 Å². The lowest BCUT2D eigenvalue weighted by atomic mass is 10.0. The Bertz CT molecular complexity index is 1380. The van der Waals surface area contributed by atoms with Gasteiger partial charge in [0.1, 0.15) is 13.2 Å². The third kappa shape index (κ3) is 63.8. The third-order valence-electron chi connectivity index (χ3n) is 15.0. The van der Waals surface area contributed by atoms with Gasteiger partial charge in [-0.15, -0.1) is 0 Å². The molecule has 0 N–H and O–H groups in total. The molecule has 6 nitrogen and oxygen atoms in total. The molecule has 77 heavy (non-hydrogen) atoms. The van der Waals surface area contributed by atoms with Crippen molar-refractivity contribution in [2.24, 2.45) is 0 Å². The van der Waals surface area contributed by atoms with Crippen molar-refractivity contribution in [1.82, 2.24) is 0 Å². The number of esters is 3. The van der Waals surface area contributed by atoms with E-state index in [1.165, 1.54) is 218 Å². The summed E-state index contributed by atoms with van der Waals surface area (Å²) in [7, 11) is 0. The van der Waals surface area contributed by atoms with E-state index >= 15 is 0 Å². The summed E-state index contributed by atoms with van der Waals surface area (Å²) in [4.78, 5) is 38.2. The number of allylic oxidation sites excluding steroid dienone is 10. The molecule has 0 heterocycles. The summed E-state index contributed by atoms with van der Waals surface area (Å²) < 4.78 is 16.9. The molecule has 6 heteroatoms. The van der Waals surface area contributed by atoms with Crippen LogP contribution in [0.5, 0.6) is 0 Å². The topological polar surface area (TPSA) is 78.9 Å². The van der Waals surface area contributed by atoms with Gasteiger partial charge in [0, 0.05) is 19.3 Å². The summed E-state index contributed by atoms with van der Waals surface area (Å²) in [5.74, 6) is -0.860.